The van der Waals surface area contributed by atoms with E-state index in [2.05, 4.69) is 24.1 Å². The van der Waals surface area contributed by atoms with Gasteiger partial charge < -0.3 is 10.1 Å². The second-order valence-electron chi connectivity index (χ2n) is 5.35. The highest BCUT2D eigenvalue weighted by molar-refractivity contribution is 5.81. The van der Waals surface area contributed by atoms with Gasteiger partial charge in [0.2, 0.25) is 5.91 Å². The van der Waals surface area contributed by atoms with E-state index in [4.69, 9.17) is 0 Å². The molecule has 1 N–H and O–H groups in total. The Morgan fingerprint density at radius 1 is 1.47 bits per heavy atom. The molecule has 1 aliphatic rings. The number of aldehydes is 1. The second-order valence-corrected chi connectivity index (χ2v) is 5.35. The van der Waals surface area contributed by atoms with Crippen LogP contribution < -0.4 is 5.32 Å². The highest BCUT2D eigenvalue weighted by Crippen LogP contribution is 2.16. The van der Waals surface area contributed by atoms with Crippen LogP contribution >= 0.6 is 0 Å². The lowest BCUT2D eigenvalue weighted by molar-refractivity contribution is -0.127. The molecule has 0 aromatic rings. The minimum atomic E-state index is -0.128. The van der Waals surface area contributed by atoms with Crippen molar-refractivity contribution in [1.82, 2.24) is 10.2 Å². The van der Waals surface area contributed by atoms with Crippen LogP contribution in [0.4, 0.5) is 0 Å². The van der Waals surface area contributed by atoms with Gasteiger partial charge in [-0.05, 0) is 32.2 Å². The fourth-order valence-corrected chi connectivity index (χ4v) is 2.12. The summed E-state index contributed by atoms with van der Waals surface area (Å²) in [6.45, 7) is 8.43. The third-order valence-electron chi connectivity index (χ3n) is 3.29. The van der Waals surface area contributed by atoms with Crippen molar-refractivity contribution in [3.05, 3.63) is 0 Å². The van der Waals surface area contributed by atoms with E-state index in [1.54, 1.807) is 0 Å². The number of hydrogen-bond donors (Lipinski definition) is 1. The Morgan fingerprint density at radius 3 is 2.76 bits per heavy atom. The monoisotopic (exact) mass is 240 g/mol. The Labute approximate surface area is 104 Å². The van der Waals surface area contributed by atoms with E-state index in [1.807, 2.05) is 6.92 Å². The number of rotatable bonds is 5. The van der Waals surface area contributed by atoms with Crippen molar-refractivity contribution in [2.75, 3.05) is 19.6 Å². The first-order valence-corrected chi connectivity index (χ1v) is 6.51. The zero-order valence-corrected chi connectivity index (χ0v) is 11.1. The van der Waals surface area contributed by atoms with Crippen molar-refractivity contribution in [3.8, 4) is 0 Å². The zero-order chi connectivity index (χ0) is 12.8. The number of carbonyl (C=O) groups excluding carboxylic acids is 2. The minimum absolute atomic E-state index is 0.0743. The molecule has 0 radical (unpaired) electrons. The molecular weight excluding hydrogens is 216 g/mol. The Bertz CT molecular complexity index is 266. The molecule has 0 spiro atoms. The second kappa shape index (κ2) is 6.74. The molecule has 0 aromatic heterocycles. The van der Waals surface area contributed by atoms with Crippen LogP contribution in [0.25, 0.3) is 0 Å². The van der Waals surface area contributed by atoms with Gasteiger partial charge in [0.25, 0.3) is 0 Å². The lowest BCUT2D eigenvalue weighted by atomic mass is 9.98. The van der Waals surface area contributed by atoms with Crippen LogP contribution in [0, 0.1) is 11.8 Å². The number of amides is 1. The normalized spacial score (nSPS) is 23.4. The van der Waals surface area contributed by atoms with Crippen molar-refractivity contribution < 1.29 is 9.59 Å². The van der Waals surface area contributed by atoms with Crippen molar-refractivity contribution in [1.29, 1.82) is 0 Å². The molecule has 1 saturated heterocycles. The largest absolute Gasteiger partial charge is 0.354 e. The fraction of sp³-hybridized carbons (Fsp3) is 0.846. The van der Waals surface area contributed by atoms with Gasteiger partial charge in [0, 0.05) is 19.0 Å². The first-order chi connectivity index (χ1) is 8.04. The Hall–Kier alpha value is -0.900. The standard InChI is InChI=1S/C13H24N2O2/c1-10(2)7-14-13(17)11(3)15-6-4-5-12(8-15)9-16/h9-12H,4-8H2,1-3H3,(H,14,17). The van der Waals surface area contributed by atoms with Crippen molar-refractivity contribution >= 4 is 12.2 Å². The molecule has 0 aromatic carbocycles. The number of carbonyl (C=O) groups is 2. The predicted molar refractivity (Wildman–Crippen MR) is 67.7 cm³/mol. The maximum absolute atomic E-state index is 11.9. The molecule has 0 saturated carbocycles. The smallest absolute Gasteiger partial charge is 0.237 e. The van der Waals surface area contributed by atoms with Gasteiger partial charge in [-0.25, -0.2) is 0 Å². The molecule has 2 unspecified atom stereocenters. The minimum Gasteiger partial charge on any atom is -0.354 e. The zero-order valence-electron chi connectivity index (χ0n) is 11.1. The number of hydrogen-bond acceptors (Lipinski definition) is 3. The van der Waals surface area contributed by atoms with Crippen molar-refractivity contribution in [2.45, 2.75) is 39.7 Å². The molecule has 98 valence electrons. The summed E-state index contributed by atoms with van der Waals surface area (Å²) in [5, 5.41) is 2.94. The summed E-state index contributed by atoms with van der Waals surface area (Å²) in [6, 6.07) is -0.128. The van der Waals surface area contributed by atoms with Gasteiger partial charge >= 0.3 is 0 Å². The Kier molecular flexibility index (Phi) is 5.62. The highest BCUT2D eigenvalue weighted by Gasteiger charge is 2.26. The van der Waals surface area contributed by atoms with Crippen molar-refractivity contribution in [2.24, 2.45) is 11.8 Å². The lowest BCUT2D eigenvalue weighted by Gasteiger charge is -2.34. The Balaban J connectivity index is 2.42. The van der Waals surface area contributed by atoms with Gasteiger partial charge in [0.05, 0.1) is 6.04 Å². The van der Waals surface area contributed by atoms with Crippen LogP contribution in [-0.2, 0) is 9.59 Å². The lowest BCUT2D eigenvalue weighted by Crippen LogP contribution is -2.49. The third-order valence-corrected chi connectivity index (χ3v) is 3.29. The van der Waals surface area contributed by atoms with Gasteiger partial charge in [0.1, 0.15) is 6.29 Å². The first kappa shape index (κ1) is 14.2. The molecule has 1 heterocycles. The molecule has 0 bridgehead atoms. The van der Waals surface area contributed by atoms with Crippen LogP contribution in [0.1, 0.15) is 33.6 Å². The molecule has 0 aliphatic carbocycles. The molecule has 1 fully saturated rings. The van der Waals surface area contributed by atoms with Gasteiger partial charge in [-0.1, -0.05) is 13.8 Å². The molecule has 4 heteroatoms. The summed E-state index contributed by atoms with van der Waals surface area (Å²) >= 11 is 0. The maximum Gasteiger partial charge on any atom is 0.237 e. The number of nitrogens with zero attached hydrogens (tertiary/aromatic N) is 1. The fourth-order valence-electron chi connectivity index (χ4n) is 2.12. The van der Waals surface area contributed by atoms with Crippen LogP contribution in [0.15, 0.2) is 0 Å². The molecule has 1 rings (SSSR count). The van der Waals surface area contributed by atoms with Crippen LogP contribution in [-0.4, -0.2) is 42.8 Å². The molecule has 1 amide bonds. The summed E-state index contributed by atoms with van der Waals surface area (Å²) in [4.78, 5) is 24.8. The summed E-state index contributed by atoms with van der Waals surface area (Å²) in [5.74, 6) is 0.643. The average Bonchev–Trinajstić information content (AvgIpc) is 2.35. The maximum atomic E-state index is 11.9. The van der Waals surface area contributed by atoms with Gasteiger partial charge in [-0.3, -0.25) is 9.69 Å². The number of likely N-dealkylation sites (tertiary alicyclic amines) is 1. The van der Waals surface area contributed by atoms with Gasteiger partial charge in [0.15, 0.2) is 0 Å². The van der Waals surface area contributed by atoms with E-state index < -0.39 is 0 Å². The molecule has 2 atom stereocenters. The molecule has 17 heavy (non-hydrogen) atoms. The summed E-state index contributed by atoms with van der Waals surface area (Å²) < 4.78 is 0. The molecular formula is C13H24N2O2. The van der Waals surface area contributed by atoms with Crippen LogP contribution in [0.3, 0.4) is 0 Å². The van der Waals surface area contributed by atoms with Crippen LogP contribution in [0.5, 0.6) is 0 Å². The number of nitrogens with one attached hydrogen (secondary N) is 1. The quantitative estimate of drug-likeness (QED) is 0.731. The highest BCUT2D eigenvalue weighted by atomic mass is 16.2. The Morgan fingerprint density at radius 2 is 2.18 bits per heavy atom. The van der Waals surface area contributed by atoms with E-state index in [-0.39, 0.29) is 17.9 Å². The average molecular weight is 240 g/mol. The predicted octanol–water partition coefficient (Wildman–Crippen LogP) is 1.06. The summed E-state index contributed by atoms with van der Waals surface area (Å²) in [5.41, 5.74) is 0. The van der Waals surface area contributed by atoms with Gasteiger partial charge in [-0.15, -0.1) is 0 Å². The summed E-state index contributed by atoms with van der Waals surface area (Å²) in [6.07, 6.45) is 2.98. The first-order valence-electron chi connectivity index (χ1n) is 6.51. The third kappa shape index (κ3) is 4.46. The number of piperidine rings is 1. The van der Waals surface area contributed by atoms with E-state index in [9.17, 15) is 9.59 Å². The van der Waals surface area contributed by atoms with E-state index in [1.165, 1.54) is 0 Å². The van der Waals surface area contributed by atoms with E-state index >= 15 is 0 Å². The molecule has 4 nitrogen and oxygen atoms in total. The topological polar surface area (TPSA) is 49.4 Å². The molecule has 1 aliphatic heterocycles. The van der Waals surface area contributed by atoms with Crippen LogP contribution in [0.2, 0.25) is 0 Å². The van der Waals surface area contributed by atoms with Gasteiger partial charge in [-0.2, -0.15) is 0 Å². The SMILES string of the molecule is CC(C)CNC(=O)C(C)N1CCCC(C=O)C1. The van der Waals surface area contributed by atoms with E-state index in [0.29, 0.717) is 12.5 Å². The van der Waals surface area contributed by atoms with Crippen molar-refractivity contribution in [3.63, 3.8) is 0 Å². The van der Waals surface area contributed by atoms with E-state index in [0.717, 1.165) is 32.2 Å². The summed E-state index contributed by atoms with van der Waals surface area (Å²) in [7, 11) is 0.